The highest BCUT2D eigenvalue weighted by Crippen LogP contribution is 2.23. The minimum Gasteiger partial charge on any atom is -0.481 e. The summed E-state index contributed by atoms with van der Waals surface area (Å²) in [4.78, 5) is 11.4. The molecular formula is C16H13BrClFO2. The Bertz CT molecular complexity index is 660. The van der Waals surface area contributed by atoms with E-state index in [0.29, 0.717) is 22.3 Å². The van der Waals surface area contributed by atoms with Gasteiger partial charge in [0, 0.05) is 5.02 Å². The summed E-state index contributed by atoms with van der Waals surface area (Å²) in [6, 6.07) is 11.7. The lowest BCUT2D eigenvalue weighted by Crippen LogP contribution is -2.19. The average Bonchev–Trinajstić information content (AvgIpc) is 2.44. The molecule has 0 heterocycles. The van der Waals surface area contributed by atoms with Crippen LogP contribution in [0.1, 0.15) is 11.1 Å². The van der Waals surface area contributed by atoms with Gasteiger partial charge in [-0.2, -0.15) is 0 Å². The SMILES string of the molecule is O=C(O)C(Cc1ccc(F)c(Br)c1)Cc1ccccc1Cl. The molecule has 21 heavy (non-hydrogen) atoms. The number of hydrogen-bond acceptors (Lipinski definition) is 1. The van der Waals surface area contributed by atoms with Crippen LogP contribution in [0.2, 0.25) is 5.02 Å². The Balaban J connectivity index is 2.18. The topological polar surface area (TPSA) is 37.3 Å². The Morgan fingerprint density at radius 2 is 1.95 bits per heavy atom. The number of benzene rings is 2. The second kappa shape index (κ2) is 7.05. The van der Waals surface area contributed by atoms with E-state index < -0.39 is 11.9 Å². The van der Waals surface area contributed by atoms with Gasteiger partial charge < -0.3 is 5.11 Å². The third kappa shape index (κ3) is 4.29. The summed E-state index contributed by atoms with van der Waals surface area (Å²) >= 11 is 9.18. The zero-order chi connectivity index (χ0) is 15.4. The molecule has 0 saturated heterocycles. The van der Waals surface area contributed by atoms with Crippen molar-refractivity contribution in [1.82, 2.24) is 0 Å². The number of hydrogen-bond donors (Lipinski definition) is 1. The monoisotopic (exact) mass is 370 g/mol. The maximum Gasteiger partial charge on any atom is 0.307 e. The Morgan fingerprint density at radius 1 is 1.24 bits per heavy atom. The first-order chi connectivity index (χ1) is 9.97. The average molecular weight is 372 g/mol. The van der Waals surface area contributed by atoms with Crippen molar-refractivity contribution in [2.75, 3.05) is 0 Å². The smallest absolute Gasteiger partial charge is 0.307 e. The third-order valence-electron chi connectivity index (χ3n) is 3.24. The van der Waals surface area contributed by atoms with Crippen LogP contribution in [0.15, 0.2) is 46.9 Å². The van der Waals surface area contributed by atoms with E-state index in [1.54, 1.807) is 24.3 Å². The fourth-order valence-electron chi connectivity index (χ4n) is 2.13. The minimum atomic E-state index is -0.893. The van der Waals surface area contributed by atoms with Gasteiger partial charge in [0.1, 0.15) is 5.82 Å². The second-order valence-electron chi connectivity index (χ2n) is 4.78. The van der Waals surface area contributed by atoms with Crippen molar-refractivity contribution >= 4 is 33.5 Å². The van der Waals surface area contributed by atoms with E-state index in [1.807, 2.05) is 12.1 Å². The lowest BCUT2D eigenvalue weighted by molar-refractivity contribution is -0.141. The van der Waals surface area contributed by atoms with Gasteiger partial charge in [-0.1, -0.05) is 35.9 Å². The zero-order valence-corrected chi connectivity index (χ0v) is 13.4. The molecule has 1 atom stereocenters. The normalized spacial score (nSPS) is 12.1. The highest BCUT2D eigenvalue weighted by atomic mass is 79.9. The molecule has 2 aromatic rings. The Labute approximate surface area is 135 Å². The molecule has 1 unspecified atom stereocenters. The third-order valence-corrected chi connectivity index (χ3v) is 4.22. The molecule has 2 aromatic carbocycles. The summed E-state index contributed by atoms with van der Waals surface area (Å²) in [6.07, 6.45) is 0.656. The highest BCUT2D eigenvalue weighted by Gasteiger charge is 2.20. The standard InChI is InChI=1S/C16H13BrClFO2/c17-13-8-10(5-6-15(13)19)7-12(16(20)21)9-11-3-1-2-4-14(11)18/h1-6,8,12H,7,9H2,(H,20,21). The van der Waals surface area contributed by atoms with Gasteiger partial charge in [-0.05, 0) is 58.1 Å². The maximum atomic E-state index is 13.2. The number of carboxylic acids is 1. The number of carbonyl (C=O) groups is 1. The van der Waals surface area contributed by atoms with Gasteiger partial charge in [0.05, 0.1) is 10.4 Å². The number of rotatable bonds is 5. The fourth-order valence-corrected chi connectivity index (χ4v) is 2.77. The van der Waals surface area contributed by atoms with Gasteiger partial charge in [0.25, 0.3) is 0 Å². The summed E-state index contributed by atoms with van der Waals surface area (Å²) in [7, 11) is 0. The number of aliphatic carboxylic acids is 1. The maximum absolute atomic E-state index is 13.2. The molecule has 0 bridgehead atoms. The van der Waals surface area contributed by atoms with Crippen LogP contribution in [-0.4, -0.2) is 11.1 Å². The summed E-state index contributed by atoms with van der Waals surface area (Å²) in [5.41, 5.74) is 1.57. The van der Waals surface area contributed by atoms with E-state index >= 15 is 0 Å². The van der Waals surface area contributed by atoms with Crippen LogP contribution in [0.3, 0.4) is 0 Å². The van der Waals surface area contributed by atoms with Crippen molar-refractivity contribution < 1.29 is 14.3 Å². The molecule has 0 fully saturated rings. The molecule has 1 N–H and O–H groups in total. The Morgan fingerprint density at radius 3 is 2.57 bits per heavy atom. The lowest BCUT2D eigenvalue weighted by atomic mass is 9.92. The van der Waals surface area contributed by atoms with Crippen molar-refractivity contribution in [2.24, 2.45) is 5.92 Å². The molecule has 2 rings (SSSR count). The fraction of sp³-hybridized carbons (Fsp3) is 0.188. The molecule has 0 amide bonds. The predicted molar refractivity (Wildman–Crippen MR) is 84.1 cm³/mol. The van der Waals surface area contributed by atoms with Crippen LogP contribution < -0.4 is 0 Å². The van der Waals surface area contributed by atoms with Gasteiger partial charge in [0.2, 0.25) is 0 Å². The Kier molecular flexibility index (Phi) is 5.37. The molecule has 0 aromatic heterocycles. The van der Waals surface area contributed by atoms with Crippen LogP contribution in [0, 0.1) is 11.7 Å². The van der Waals surface area contributed by atoms with Gasteiger partial charge in [-0.3, -0.25) is 4.79 Å². The summed E-state index contributed by atoms with van der Waals surface area (Å²) < 4.78 is 13.5. The van der Waals surface area contributed by atoms with E-state index in [0.717, 1.165) is 11.1 Å². The van der Waals surface area contributed by atoms with E-state index in [1.165, 1.54) is 6.07 Å². The molecule has 0 spiro atoms. The first kappa shape index (κ1) is 16.0. The van der Waals surface area contributed by atoms with E-state index in [-0.39, 0.29) is 5.82 Å². The molecule has 2 nitrogen and oxygen atoms in total. The number of carboxylic acid groups (broad SMARTS) is 1. The van der Waals surface area contributed by atoms with E-state index in [4.69, 9.17) is 11.6 Å². The van der Waals surface area contributed by atoms with Crippen molar-refractivity contribution in [3.8, 4) is 0 Å². The first-order valence-electron chi connectivity index (χ1n) is 6.37. The molecule has 0 aliphatic heterocycles. The quantitative estimate of drug-likeness (QED) is 0.825. The van der Waals surface area contributed by atoms with E-state index in [9.17, 15) is 14.3 Å². The molecule has 0 saturated carbocycles. The summed E-state index contributed by atoms with van der Waals surface area (Å²) in [5.74, 6) is -1.87. The van der Waals surface area contributed by atoms with E-state index in [2.05, 4.69) is 15.9 Å². The van der Waals surface area contributed by atoms with Crippen molar-refractivity contribution in [1.29, 1.82) is 0 Å². The van der Waals surface area contributed by atoms with Crippen LogP contribution in [0.25, 0.3) is 0 Å². The molecule has 0 radical (unpaired) electrons. The molecule has 0 aliphatic carbocycles. The molecule has 110 valence electrons. The van der Waals surface area contributed by atoms with Crippen LogP contribution in [0.4, 0.5) is 4.39 Å². The second-order valence-corrected chi connectivity index (χ2v) is 6.04. The van der Waals surface area contributed by atoms with Crippen LogP contribution in [-0.2, 0) is 17.6 Å². The Hall–Kier alpha value is -1.39. The number of halogens is 3. The van der Waals surface area contributed by atoms with Gasteiger partial charge in [0.15, 0.2) is 0 Å². The summed E-state index contributed by atoms with van der Waals surface area (Å²) in [6.45, 7) is 0. The van der Waals surface area contributed by atoms with Crippen molar-refractivity contribution in [3.05, 3.63) is 68.9 Å². The highest BCUT2D eigenvalue weighted by molar-refractivity contribution is 9.10. The van der Waals surface area contributed by atoms with Crippen LogP contribution in [0.5, 0.6) is 0 Å². The van der Waals surface area contributed by atoms with Crippen LogP contribution >= 0.6 is 27.5 Å². The largest absolute Gasteiger partial charge is 0.481 e. The van der Waals surface area contributed by atoms with Crippen molar-refractivity contribution in [3.63, 3.8) is 0 Å². The van der Waals surface area contributed by atoms with Gasteiger partial charge in [-0.25, -0.2) is 4.39 Å². The first-order valence-corrected chi connectivity index (χ1v) is 7.54. The predicted octanol–water partition coefficient (Wildman–Crippen LogP) is 4.73. The summed E-state index contributed by atoms with van der Waals surface area (Å²) in [5, 5.41) is 9.94. The van der Waals surface area contributed by atoms with Crippen molar-refractivity contribution in [2.45, 2.75) is 12.8 Å². The molecule has 0 aliphatic rings. The zero-order valence-electron chi connectivity index (χ0n) is 11.0. The van der Waals surface area contributed by atoms with Gasteiger partial charge >= 0.3 is 5.97 Å². The minimum absolute atomic E-state index is 0.319. The molecular weight excluding hydrogens is 359 g/mol. The van der Waals surface area contributed by atoms with Gasteiger partial charge in [-0.15, -0.1) is 0 Å². The lowest BCUT2D eigenvalue weighted by Gasteiger charge is -2.14. The molecule has 5 heteroatoms.